The molecule has 0 fully saturated rings. The zero-order valence-corrected chi connectivity index (χ0v) is 14.4. The van der Waals surface area contributed by atoms with Crippen LogP contribution in [0.3, 0.4) is 0 Å². The van der Waals surface area contributed by atoms with Crippen LogP contribution in [0.2, 0.25) is 10.0 Å². The maximum Gasteiger partial charge on any atom is 0.308 e. The van der Waals surface area contributed by atoms with E-state index in [0.717, 1.165) is 24.2 Å². The van der Waals surface area contributed by atoms with Gasteiger partial charge in [-0.25, -0.2) is 0 Å². The fourth-order valence-corrected chi connectivity index (χ4v) is 2.74. The fourth-order valence-electron chi connectivity index (χ4n) is 2.23. The predicted molar refractivity (Wildman–Crippen MR) is 86.5 cm³/mol. The number of ether oxygens (including phenoxy) is 2. The van der Waals surface area contributed by atoms with Crippen molar-refractivity contribution in [2.75, 3.05) is 13.7 Å². The smallest absolute Gasteiger partial charge is 0.308 e. The number of benzene rings is 1. The van der Waals surface area contributed by atoms with Gasteiger partial charge < -0.3 is 9.47 Å². The van der Waals surface area contributed by atoms with E-state index < -0.39 is 0 Å². The minimum Gasteiger partial charge on any atom is -0.496 e. The van der Waals surface area contributed by atoms with Gasteiger partial charge >= 0.3 is 5.97 Å². The molecule has 0 saturated heterocycles. The Morgan fingerprint density at radius 2 is 1.90 bits per heavy atom. The Hall–Kier alpha value is -0.930. The van der Waals surface area contributed by atoms with Crippen LogP contribution >= 0.6 is 23.2 Å². The molecule has 0 spiro atoms. The van der Waals surface area contributed by atoms with Crippen LogP contribution in [0.1, 0.15) is 45.1 Å². The summed E-state index contributed by atoms with van der Waals surface area (Å²) in [6, 6.07) is 3.54. The summed E-state index contributed by atoms with van der Waals surface area (Å²) in [4.78, 5) is 11.6. The number of hydrogen-bond acceptors (Lipinski definition) is 3. The second-order valence-corrected chi connectivity index (χ2v) is 5.89. The summed E-state index contributed by atoms with van der Waals surface area (Å²) in [6.07, 6.45) is 1.53. The highest BCUT2D eigenvalue weighted by atomic mass is 35.5. The van der Waals surface area contributed by atoms with Gasteiger partial charge in [-0.3, -0.25) is 4.79 Å². The topological polar surface area (TPSA) is 35.5 Å². The lowest BCUT2D eigenvalue weighted by molar-refractivity contribution is -0.147. The lowest BCUT2D eigenvalue weighted by atomic mass is 9.91. The molecule has 0 saturated carbocycles. The lowest BCUT2D eigenvalue weighted by Gasteiger charge is -2.19. The van der Waals surface area contributed by atoms with Crippen molar-refractivity contribution in [2.24, 2.45) is 5.92 Å². The van der Waals surface area contributed by atoms with E-state index in [1.807, 2.05) is 19.9 Å². The van der Waals surface area contributed by atoms with Crippen molar-refractivity contribution in [2.45, 2.75) is 39.5 Å². The summed E-state index contributed by atoms with van der Waals surface area (Å²) in [7, 11) is 1.61. The molecule has 21 heavy (non-hydrogen) atoms. The molecular weight excluding hydrogens is 311 g/mol. The second-order valence-electron chi connectivity index (χ2n) is 5.11. The number of rotatable bonds is 7. The maximum atomic E-state index is 11.6. The lowest BCUT2D eigenvalue weighted by Crippen LogP contribution is -2.15. The van der Waals surface area contributed by atoms with Crippen LogP contribution in [0.15, 0.2) is 12.1 Å². The first-order valence-corrected chi connectivity index (χ1v) is 7.86. The van der Waals surface area contributed by atoms with Gasteiger partial charge in [0.05, 0.1) is 29.7 Å². The van der Waals surface area contributed by atoms with Crippen molar-refractivity contribution in [3.63, 3.8) is 0 Å². The van der Waals surface area contributed by atoms with Gasteiger partial charge in [0, 0.05) is 5.56 Å². The summed E-state index contributed by atoms with van der Waals surface area (Å²) in [5.74, 6) is 0.578. The molecule has 5 heteroatoms. The van der Waals surface area contributed by atoms with Gasteiger partial charge in [0.15, 0.2) is 0 Å². The molecule has 0 unspecified atom stereocenters. The zero-order chi connectivity index (χ0) is 16.0. The average Bonchev–Trinajstić information content (AvgIpc) is 2.47. The van der Waals surface area contributed by atoms with Crippen LogP contribution < -0.4 is 4.74 Å². The number of carbonyl (C=O) groups is 1. The molecule has 0 aromatic heterocycles. The molecular formula is C16H22Cl2O3. The molecule has 0 aliphatic rings. The van der Waals surface area contributed by atoms with Crippen LogP contribution in [0.4, 0.5) is 0 Å². The molecule has 0 aliphatic heterocycles. The minimum absolute atomic E-state index is 0.128. The molecule has 0 heterocycles. The highest BCUT2D eigenvalue weighted by molar-refractivity contribution is 6.42. The highest BCUT2D eigenvalue weighted by Crippen LogP contribution is 2.40. The predicted octanol–water partition coefficient (Wildman–Crippen LogP) is 5.08. The van der Waals surface area contributed by atoms with Gasteiger partial charge in [-0.2, -0.15) is 0 Å². The third kappa shape index (κ3) is 4.79. The number of esters is 1. The van der Waals surface area contributed by atoms with Crippen molar-refractivity contribution in [1.82, 2.24) is 0 Å². The number of methoxy groups -OCH3 is 1. The van der Waals surface area contributed by atoms with E-state index in [2.05, 4.69) is 6.92 Å². The zero-order valence-electron chi connectivity index (χ0n) is 12.9. The van der Waals surface area contributed by atoms with Crippen LogP contribution in [-0.4, -0.2) is 19.7 Å². The number of carbonyl (C=O) groups excluding carboxylic acids is 1. The molecule has 1 rings (SSSR count). The molecule has 0 aliphatic carbocycles. The Morgan fingerprint density at radius 3 is 2.48 bits per heavy atom. The van der Waals surface area contributed by atoms with Crippen molar-refractivity contribution < 1.29 is 14.3 Å². The third-order valence-electron chi connectivity index (χ3n) is 3.53. The van der Waals surface area contributed by atoms with E-state index in [4.69, 9.17) is 32.7 Å². The highest BCUT2D eigenvalue weighted by Gasteiger charge is 2.20. The third-order valence-corrected chi connectivity index (χ3v) is 4.35. The number of hydrogen-bond donors (Lipinski definition) is 0. The van der Waals surface area contributed by atoms with Gasteiger partial charge in [0.2, 0.25) is 0 Å². The Labute approximate surface area is 136 Å². The summed E-state index contributed by atoms with van der Waals surface area (Å²) in [5.41, 5.74) is 0.891. The van der Waals surface area contributed by atoms with E-state index in [0.29, 0.717) is 16.7 Å². The van der Waals surface area contributed by atoms with Gasteiger partial charge in [0.25, 0.3) is 0 Å². The minimum atomic E-state index is -0.158. The summed E-state index contributed by atoms with van der Waals surface area (Å²) >= 11 is 12.4. The Kier molecular flexibility index (Phi) is 7.33. The van der Waals surface area contributed by atoms with Gasteiger partial charge in [-0.05, 0) is 37.8 Å². The SMILES string of the molecule is CCOC(=O)[C@@H](C)CC[C@@H](C)c1c(OC)ccc(Cl)c1Cl. The van der Waals surface area contributed by atoms with Crippen molar-refractivity contribution >= 4 is 29.2 Å². The maximum absolute atomic E-state index is 11.6. The molecule has 1 aromatic rings. The van der Waals surface area contributed by atoms with Crippen molar-refractivity contribution in [1.29, 1.82) is 0 Å². The molecule has 0 bridgehead atoms. The molecule has 2 atom stereocenters. The first kappa shape index (κ1) is 18.1. The van der Waals surface area contributed by atoms with E-state index in [9.17, 15) is 4.79 Å². The average molecular weight is 333 g/mol. The Morgan fingerprint density at radius 1 is 1.24 bits per heavy atom. The summed E-state index contributed by atoms with van der Waals surface area (Å²) < 4.78 is 10.4. The largest absolute Gasteiger partial charge is 0.496 e. The molecule has 0 N–H and O–H groups in total. The fraction of sp³-hybridized carbons (Fsp3) is 0.562. The van der Waals surface area contributed by atoms with Crippen LogP contribution in [0.5, 0.6) is 5.75 Å². The quantitative estimate of drug-likeness (QED) is 0.652. The molecule has 0 amide bonds. The van der Waals surface area contributed by atoms with Gasteiger partial charge in [-0.15, -0.1) is 0 Å². The molecule has 3 nitrogen and oxygen atoms in total. The summed E-state index contributed by atoms with van der Waals surface area (Å²) in [6.45, 7) is 6.15. The summed E-state index contributed by atoms with van der Waals surface area (Å²) in [5, 5.41) is 1.03. The Bertz CT molecular complexity index is 489. The molecule has 118 valence electrons. The van der Waals surface area contributed by atoms with Crippen molar-refractivity contribution in [3.05, 3.63) is 27.7 Å². The monoisotopic (exact) mass is 332 g/mol. The van der Waals surface area contributed by atoms with Crippen LogP contribution in [0.25, 0.3) is 0 Å². The van der Waals surface area contributed by atoms with Crippen LogP contribution in [0, 0.1) is 5.92 Å². The van der Waals surface area contributed by atoms with Crippen molar-refractivity contribution in [3.8, 4) is 5.75 Å². The van der Waals surface area contributed by atoms with Gasteiger partial charge in [-0.1, -0.05) is 37.0 Å². The molecule has 1 aromatic carbocycles. The van der Waals surface area contributed by atoms with E-state index >= 15 is 0 Å². The normalized spacial score (nSPS) is 13.6. The Balaban J connectivity index is 2.78. The second kappa shape index (κ2) is 8.50. The molecule has 0 radical (unpaired) electrons. The van der Waals surface area contributed by atoms with E-state index in [1.54, 1.807) is 13.2 Å². The standard InChI is InChI=1S/C16H22Cl2O3/c1-5-21-16(19)11(3)7-6-10(2)14-13(20-4)9-8-12(17)15(14)18/h8-11H,5-7H2,1-4H3/t10-,11+/m1/s1. The first-order chi connectivity index (χ1) is 9.92. The van der Waals surface area contributed by atoms with Gasteiger partial charge in [0.1, 0.15) is 5.75 Å². The van der Waals surface area contributed by atoms with E-state index in [1.165, 1.54) is 0 Å². The number of halogens is 2. The van der Waals surface area contributed by atoms with Crippen LogP contribution in [-0.2, 0) is 9.53 Å². The van der Waals surface area contributed by atoms with E-state index in [-0.39, 0.29) is 17.8 Å². The first-order valence-electron chi connectivity index (χ1n) is 7.10.